The van der Waals surface area contributed by atoms with E-state index in [1.165, 1.54) is 4.88 Å². The van der Waals surface area contributed by atoms with Crippen LogP contribution in [0, 0.1) is 11.7 Å². The lowest BCUT2D eigenvalue weighted by Crippen LogP contribution is -1.99. The summed E-state index contributed by atoms with van der Waals surface area (Å²) < 4.78 is 3.90. The summed E-state index contributed by atoms with van der Waals surface area (Å²) in [5.74, 6) is 0. The van der Waals surface area contributed by atoms with Crippen LogP contribution >= 0.6 is 39.5 Å². The molecule has 0 radical (unpaired) electrons. The molecule has 1 N–H and O–H groups in total. The number of fused-ring (bicyclic) bond motifs is 1. The van der Waals surface area contributed by atoms with E-state index in [2.05, 4.69) is 36.5 Å². The number of H-pyrrole nitrogens is 1. The molecule has 0 fully saturated rings. The second-order valence-corrected chi connectivity index (χ2v) is 6.28. The second-order valence-electron chi connectivity index (χ2n) is 4.04. The molecule has 0 bridgehead atoms. The van der Waals surface area contributed by atoms with Crippen molar-refractivity contribution in [1.82, 2.24) is 14.5 Å². The zero-order chi connectivity index (χ0) is 12.7. The van der Waals surface area contributed by atoms with Gasteiger partial charge in [0.25, 0.3) is 0 Å². The monoisotopic (exact) mass is 339 g/mol. The zero-order valence-corrected chi connectivity index (χ0v) is 12.8. The van der Waals surface area contributed by atoms with Crippen molar-refractivity contribution >= 4 is 50.5 Å². The molecule has 0 amide bonds. The van der Waals surface area contributed by atoms with Crippen LogP contribution in [0.15, 0.2) is 28.2 Å². The van der Waals surface area contributed by atoms with Crippen LogP contribution in [0.4, 0.5) is 0 Å². The number of nitrogens with one attached hydrogen (secondary N) is 1. The maximum Gasteiger partial charge on any atom is 0.178 e. The largest absolute Gasteiger partial charge is 0.331 e. The summed E-state index contributed by atoms with van der Waals surface area (Å²) in [5.41, 5.74) is 5.13. The summed E-state index contributed by atoms with van der Waals surface area (Å²) in [5, 5.41) is 0. The van der Waals surface area contributed by atoms with Gasteiger partial charge in [0, 0.05) is 9.35 Å². The average molecular weight is 340 g/mol. The highest BCUT2D eigenvalue weighted by molar-refractivity contribution is 9.10. The molecule has 3 rings (SSSR count). The van der Waals surface area contributed by atoms with E-state index in [1.807, 2.05) is 24.6 Å². The van der Waals surface area contributed by atoms with Crippen molar-refractivity contribution in [3.63, 3.8) is 0 Å². The molecule has 1 aromatic carbocycles. The lowest BCUT2D eigenvalue weighted by molar-refractivity contribution is 0.815. The van der Waals surface area contributed by atoms with Gasteiger partial charge in [0.1, 0.15) is 0 Å². The van der Waals surface area contributed by atoms with Gasteiger partial charge in [-0.25, -0.2) is 4.98 Å². The fraction of sp³-hybridized carbons (Fsp3) is 0.167. The summed E-state index contributed by atoms with van der Waals surface area (Å²) in [6.07, 6.45) is 0. The van der Waals surface area contributed by atoms with E-state index in [4.69, 9.17) is 12.2 Å². The van der Waals surface area contributed by atoms with Crippen molar-refractivity contribution in [1.29, 1.82) is 0 Å². The molecule has 0 aliphatic carbocycles. The van der Waals surface area contributed by atoms with Crippen molar-refractivity contribution in [2.24, 2.45) is 0 Å². The molecular weight excluding hydrogens is 330 g/mol. The highest BCUT2D eigenvalue weighted by Crippen LogP contribution is 2.22. The Kier molecular flexibility index (Phi) is 3.09. The van der Waals surface area contributed by atoms with E-state index in [0.29, 0.717) is 0 Å². The molecular formula is C12H10BrN3S2. The first kappa shape index (κ1) is 12.1. The predicted octanol–water partition coefficient (Wildman–Crippen LogP) is 4.27. The minimum Gasteiger partial charge on any atom is -0.331 e. The molecule has 0 unspecified atom stereocenters. The number of nitrogens with zero attached hydrogens (tertiary/aromatic N) is 2. The number of rotatable bonds is 2. The van der Waals surface area contributed by atoms with Crippen molar-refractivity contribution in [2.45, 2.75) is 13.5 Å². The molecule has 18 heavy (non-hydrogen) atoms. The summed E-state index contributed by atoms with van der Waals surface area (Å²) in [4.78, 5) is 8.75. The molecule has 3 nitrogen and oxygen atoms in total. The van der Waals surface area contributed by atoms with Gasteiger partial charge < -0.3 is 9.55 Å². The molecule has 2 aromatic heterocycles. The van der Waals surface area contributed by atoms with Gasteiger partial charge in [-0.2, -0.15) is 0 Å². The topological polar surface area (TPSA) is 33.6 Å². The summed E-state index contributed by atoms with van der Waals surface area (Å²) in [6.45, 7) is 2.80. The van der Waals surface area contributed by atoms with Crippen LogP contribution in [-0.4, -0.2) is 14.5 Å². The van der Waals surface area contributed by atoms with Crippen molar-refractivity contribution < 1.29 is 0 Å². The van der Waals surface area contributed by atoms with Gasteiger partial charge in [0.05, 0.1) is 28.8 Å². The second kappa shape index (κ2) is 4.60. The first-order chi connectivity index (χ1) is 8.65. The third-order valence-corrected chi connectivity index (χ3v) is 4.62. The van der Waals surface area contributed by atoms with Crippen LogP contribution in [0.25, 0.3) is 11.0 Å². The normalized spacial score (nSPS) is 11.2. The number of aromatic amines is 1. The van der Waals surface area contributed by atoms with Crippen molar-refractivity contribution in [2.75, 3.05) is 0 Å². The Hall–Kier alpha value is -0.980. The first-order valence-corrected chi connectivity index (χ1v) is 7.50. The van der Waals surface area contributed by atoms with E-state index < -0.39 is 0 Å². The Bertz CT molecular complexity index is 769. The molecule has 0 spiro atoms. The summed E-state index contributed by atoms with van der Waals surface area (Å²) in [6, 6.07) is 6.14. The Balaban J connectivity index is 2.15. The molecule has 0 saturated heterocycles. The number of aryl methyl sites for hydroxylation is 1. The molecule has 0 atom stereocenters. The fourth-order valence-electron chi connectivity index (χ4n) is 1.91. The zero-order valence-electron chi connectivity index (χ0n) is 9.61. The predicted molar refractivity (Wildman–Crippen MR) is 80.8 cm³/mol. The van der Waals surface area contributed by atoms with Crippen LogP contribution in [0.3, 0.4) is 0 Å². The molecule has 0 saturated carbocycles. The Morgan fingerprint density at radius 2 is 2.33 bits per heavy atom. The number of hydrogen-bond donors (Lipinski definition) is 1. The van der Waals surface area contributed by atoms with Crippen molar-refractivity contribution in [3.05, 3.63) is 43.5 Å². The highest BCUT2D eigenvalue weighted by atomic mass is 79.9. The van der Waals surface area contributed by atoms with Crippen LogP contribution in [0.2, 0.25) is 0 Å². The number of halogens is 1. The van der Waals surface area contributed by atoms with Crippen LogP contribution < -0.4 is 0 Å². The third kappa shape index (κ3) is 2.04. The summed E-state index contributed by atoms with van der Waals surface area (Å²) >= 11 is 10.5. The molecule has 2 heterocycles. The number of aromatic nitrogens is 3. The van der Waals surface area contributed by atoms with Crippen LogP contribution in [0.1, 0.15) is 10.6 Å². The molecule has 3 aromatic rings. The maximum atomic E-state index is 5.39. The Morgan fingerprint density at radius 1 is 1.50 bits per heavy atom. The average Bonchev–Trinajstić information content (AvgIpc) is 2.85. The van der Waals surface area contributed by atoms with Gasteiger partial charge >= 0.3 is 0 Å². The molecule has 0 aliphatic rings. The molecule has 0 aliphatic heterocycles. The molecule has 6 heteroatoms. The van der Waals surface area contributed by atoms with E-state index in [-0.39, 0.29) is 0 Å². The van der Waals surface area contributed by atoms with Gasteiger partial charge in [0.2, 0.25) is 0 Å². The van der Waals surface area contributed by atoms with E-state index >= 15 is 0 Å². The summed E-state index contributed by atoms with van der Waals surface area (Å²) in [7, 11) is 0. The van der Waals surface area contributed by atoms with E-state index in [0.717, 1.165) is 32.5 Å². The SMILES string of the molecule is Cc1ncsc1Cn1c(=S)[nH]c2cc(Br)ccc21. The smallest absolute Gasteiger partial charge is 0.178 e. The Labute approximate surface area is 122 Å². The van der Waals surface area contributed by atoms with Gasteiger partial charge in [-0.1, -0.05) is 15.9 Å². The lowest BCUT2D eigenvalue weighted by atomic mass is 10.3. The van der Waals surface area contributed by atoms with E-state index in [1.54, 1.807) is 11.3 Å². The maximum absolute atomic E-state index is 5.39. The van der Waals surface area contributed by atoms with Crippen LogP contribution in [0.5, 0.6) is 0 Å². The highest BCUT2D eigenvalue weighted by Gasteiger charge is 2.08. The lowest BCUT2D eigenvalue weighted by Gasteiger charge is -2.03. The number of hydrogen-bond acceptors (Lipinski definition) is 3. The van der Waals surface area contributed by atoms with Gasteiger partial charge in [0.15, 0.2) is 4.77 Å². The fourth-order valence-corrected chi connectivity index (χ4v) is 3.31. The standard InChI is InChI=1S/C12H10BrN3S2/c1-7-11(18-6-14-7)5-16-10-3-2-8(13)4-9(10)15-12(16)17/h2-4,6H,5H2,1H3,(H,15,17). The third-order valence-electron chi connectivity index (χ3n) is 2.88. The number of imidazole rings is 1. The van der Waals surface area contributed by atoms with Crippen molar-refractivity contribution in [3.8, 4) is 0 Å². The van der Waals surface area contributed by atoms with Gasteiger partial charge in [-0.15, -0.1) is 11.3 Å². The first-order valence-electron chi connectivity index (χ1n) is 5.42. The van der Waals surface area contributed by atoms with Gasteiger partial charge in [-0.05, 0) is 37.3 Å². The number of benzene rings is 1. The quantitative estimate of drug-likeness (QED) is 0.707. The minimum atomic E-state index is 0.746. The minimum absolute atomic E-state index is 0.746. The van der Waals surface area contributed by atoms with E-state index in [9.17, 15) is 0 Å². The molecule has 92 valence electrons. The van der Waals surface area contributed by atoms with Crippen LogP contribution in [-0.2, 0) is 6.54 Å². The number of thiazole rings is 1. The Morgan fingerprint density at radius 3 is 3.06 bits per heavy atom. The van der Waals surface area contributed by atoms with Gasteiger partial charge in [-0.3, -0.25) is 0 Å².